The summed E-state index contributed by atoms with van der Waals surface area (Å²) in [5, 5.41) is 2.49. The number of hydrogen-bond acceptors (Lipinski definition) is 4. The summed E-state index contributed by atoms with van der Waals surface area (Å²) in [5.41, 5.74) is 6.97. The second kappa shape index (κ2) is 6.83. The lowest BCUT2D eigenvalue weighted by Gasteiger charge is -2.18. The van der Waals surface area contributed by atoms with Crippen LogP contribution in [0.4, 0.5) is 4.79 Å². The van der Waals surface area contributed by atoms with Crippen molar-refractivity contribution < 1.29 is 9.59 Å². The zero-order valence-corrected chi connectivity index (χ0v) is 13.7. The number of fused-ring (bicyclic) bond motifs is 1. The van der Waals surface area contributed by atoms with Gasteiger partial charge in [0, 0.05) is 6.54 Å². The first kappa shape index (κ1) is 16.4. The number of aryl methyl sites for hydroxylation is 1. The molecule has 1 unspecified atom stereocenters. The normalized spacial score (nSPS) is 12.5. The third-order valence-corrected chi connectivity index (χ3v) is 4.81. The number of urea groups is 1. The van der Waals surface area contributed by atoms with Gasteiger partial charge in [0.05, 0.1) is 16.3 Å². The smallest absolute Gasteiger partial charge is 0.318 e. The largest absolute Gasteiger partial charge is 0.351 e. The van der Waals surface area contributed by atoms with Crippen LogP contribution >= 0.6 is 11.8 Å². The quantitative estimate of drug-likeness (QED) is 0.828. The van der Waals surface area contributed by atoms with Crippen LogP contribution in [0.1, 0.15) is 20.8 Å². The van der Waals surface area contributed by atoms with E-state index in [-0.39, 0.29) is 11.8 Å². The fourth-order valence-electron chi connectivity index (χ4n) is 2.25. The summed E-state index contributed by atoms with van der Waals surface area (Å²) in [6.45, 7) is 6.64. The Hall–Kier alpha value is -2.02. The second-order valence-corrected chi connectivity index (χ2v) is 6.37. The van der Waals surface area contributed by atoms with Crippen molar-refractivity contribution in [2.24, 2.45) is 11.7 Å². The molecule has 7 heteroatoms. The molecule has 1 heterocycles. The van der Waals surface area contributed by atoms with E-state index in [1.54, 1.807) is 0 Å². The van der Waals surface area contributed by atoms with Gasteiger partial charge in [-0.05, 0) is 25.0 Å². The molecular weight excluding hydrogens is 300 g/mol. The van der Waals surface area contributed by atoms with Crippen molar-refractivity contribution in [2.75, 3.05) is 0 Å². The van der Waals surface area contributed by atoms with Crippen LogP contribution in [0.25, 0.3) is 11.0 Å². The number of imide groups is 1. The highest BCUT2D eigenvalue weighted by molar-refractivity contribution is 8.00. The molecule has 0 bridgehead atoms. The number of aromatic nitrogens is 2. The maximum atomic E-state index is 12.1. The maximum Gasteiger partial charge on any atom is 0.318 e. The summed E-state index contributed by atoms with van der Waals surface area (Å²) in [5.74, 6) is -0.350. The van der Waals surface area contributed by atoms with Crippen LogP contribution in [0.3, 0.4) is 0 Å². The molecule has 22 heavy (non-hydrogen) atoms. The number of carbonyl (C=O) groups excluding carboxylic acids is 2. The average Bonchev–Trinajstić information content (AvgIpc) is 2.80. The number of carbonyl (C=O) groups is 2. The Labute approximate surface area is 133 Å². The van der Waals surface area contributed by atoms with Crippen LogP contribution in [0.2, 0.25) is 0 Å². The van der Waals surface area contributed by atoms with E-state index >= 15 is 0 Å². The molecule has 0 aliphatic carbocycles. The molecule has 2 rings (SSSR count). The molecule has 6 nitrogen and oxygen atoms in total. The summed E-state index contributed by atoms with van der Waals surface area (Å²) in [6.07, 6.45) is 0. The SMILES string of the molecule is CCn1c(SC(C(=O)NC(N)=O)C(C)C)nc2ccccc21. The number of primary amides is 1. The van der Waals surface area contributed by atoms with E-state index in [2.05, 4.69) is 14.9 Å². The first-order valence-electron chi connectivity index (χ1n) is 7.16. The minimum atomic E-state index is -0.833. The van der Waals surface area contributed by atoms with E-state index in [4.69, 9.17) is 5.73 Å². The fourth-order valence-corrected chi connectivity index (χ4v) is 3.42. The highest BCUT2D eigenvalue weighted by Crippen LogP contribution is 2.30. The summed E-state index contributed by atoms with van der Waals surface area (Å²) < 4.78 is 2.06. The van der Waals surface area contributed by atoms with E-state index in [0.29, 0.717) is 0 Å². The first-order valence-corrected chi connectivity index (χ1v) is 8.04. The third kappa shape index (κ3) is 3.41. The lowest BCUT2D eigenvalue weighted by Crippen LogP contribution is -2.42. The summed E-state index contributed by atoms with van der Waals surface area (Å²) in [6, 6.07) is 7.01. The van der Waals surface area contributed by atoms with E-state index in [9.17, 15) is 9.59 Å². The molecular formula is C15H20N4O2S. The Morgan fingerprint density at radius 3 is 2.64 bits per heavy atom. The van der Waals surface area contributed by atoms with Crippen molar-refractivity contribution in [3.63, 3.8) is 0 Å². The molecule has 2 aromatic rings. The highest BCUT2D eigenvalue weighted by Gasteiger charge is 2.27. The van der Waals surface area contributed by atoms with E-state index in [1.165, 1.54) is 11.8 Å². The summed E-state index contributed by atoms with van der Waals surface area (Å²) in [7, 11) is 0. The van der Waals surface area contributed by atoms with Gasteiger partial charge in [-0.25, -0.2) is 9.78 Å². The van der Waals surface area contributed by atoms with Gasteiger partial charge in [-0.15, -0.1) is 0 Å². The molecule has 118 valence electrons. The number of imidazole rings is 1. The number of nitrogens with zero attached hydrogens (tertiary/aromatic N) is 2. The second-order valence-electron chi connectivity index (χ2n) is 5.26. The molecule has 1 aromatic carbocycles. The van der Waals surface area contributed by atoms with Gasteiger partial charge in [-0.2, -0.15) is 0 Å². The van der Waals surface area contributed by atoms with Crippen LogP contribution in [0.5, 0.6) is 0 Å². The Bertz CT molecular complexity index is 696. The number of nitrogens with two attached hydrogens (primary N) is 1. The van der Waals surface area contributed by atoms with Gasteiger partial charge >= 0.3 is 6.03 Å². The van der Waals surface area contributed by atoms with E-state index < -0.39 is 11.3 Å². The number of benzene rings is 1. The molecule has 1 atom stereocenters. The number of rotatable bonds is 5. The molecule has 0 radical (unpaired) electrons. The summed E-state index contributed by atoms with van der Waals surface area (Å²) >= 11 is 1.36. The van der Waals surface area contributed by atoms with Crippen molar-refractivity contribution >= 4 is 34.7 Å². The van der Waals surface area contributed by atoms with Gasteiger partial charge in [0.25, 0.3) is 0 Å². The Kier molecular flexibility index (Phi) is 5.07. The maximum absolute atomic E-state index is 12.1. The predicted octanol–water partition coefficient (Wildman–Crippen LogP) is 2.37. The topological polar surface area (TPSA) is 90.0 Å². The predicted molar refractivity (Wildman–Crippen MR) is 87.6 cm³/mol. The molecule has 3 N–H and O–H groups in total. The zero-order valence-electron chi connectivity index (χ0n) is 12.9. The van der Waals surface area contributed by atoms with Crippen molar-refractivity contribution in [1.29, 1.82) is 0 Å². The minimum Gasteiger partial charge on any atom is -0.351 e. The van der Waals surface area contributed by atoms with Gasteiger partial charge in [0.1, 0.15) is 0 Å². The standard InChI is InChI=1S/C15H20N4O2S/c1-4-19-11-8-6-5-7-10(11)17-15(19)22-12(9(2)3)13(20)18-14(16)21/h5-9,12H,4H2,1-3H3,(H3,16,18,20,21). The number of nitrogens with one attached hydrogen (secondary N) is 1. The van der Waals surface area contributed by atoms with Crippen molar-refractivity contribution in [2.45, 2.75) is 37.7 Å². The molecule has 3 amide bonds. The van der Waals surface area contributed by atoms with E-state index in [1.807, 2.05) is 45.0 Å². The van der Waals surface area contributed by atoms with Crippen molar-refractivity contribution in [1.82, 2.24) is 14.9 Å². The molecule has 0 aliphatic heterocycles. The average molecular weight is 320 g/mol. The molecule has 0 spiro atoms. The number of thioether (sulfide) groups is 1. The van der Waals surface area contributed by atoms with Gasteiger partial charge in [-0.1, -0.05) is 37.7 Å². The van der Waals surface area contributed by atoms with Crippen LogP contribution in [-0.4, -0.2) is 26.7 Å². The molecule has 1 aromatic heterocycles. The monoisotopic (exact) mass is 320 g/mol. The van der Waals surface area contributed by atoms with Crippen molar-refractivity contribution in [3.05, 3.63) is 24.3 Å². The number of hydrogen-bond donors (Lipinski definition) is 2. The molecule has 0 saturated carbocycles. The minimum absolute atomic E-state index is 0.0365. The Morgan fingerprint density at radius 2 is 2.05 bits per heavy atom. The van der Waals surface area contributed by atoms with Gasteiger partial charge in [0.15, 0.2) is 5.16 Å². The van der Waals surface area contributed by atoms with Gasteiger partial charge < -0.3 is 10.3 Å². The van der Waals surface area contributed by atoms with Gasteiger partial charge in [0.2, 0.25) is 5.91 Å². The molecule has 0 fully saturated rings. The summed E-state index contributed by atoms with van der Waals surface area (Å²) in [4.78, 5) is 27.7. The lowest BCUT2D eigenvalue weighted by atomic mass is 10.1. The van der Waals surface area contributed by atoms with Crippen LogP contribution < -0.4 is 11.1 Å². The first-order chi connectivity index (χ1) is 10.4. The Morgan fingerprint density at radius 1 is 1.36 bits per heavy atom. The molecule has 0 saturated heterocycles. The number of para-hydroxylation sites is 2. The lowest BCUT2D eigenvalue weighted by molar-refractivity contribution is -0.120. The van der Waals surface area contributed by atoms with Gasteiger partial charge in [-0.3, -0.25) is 10.1 Å². The van der Waals surface area contributed by atoms with E-state index in [0.717, 1.165) is 22.7 Å². The molecule has 0 aliphatic rings. The zero-order chi connectivity index (χ0) is 16.3. The Balaban J connectivity index is 2.34. The van der Waals surface area contributed by atoms with Crippen molar-refractivity contribution in [3.8, 4) is 0 Å². The fraction of sp³-hybridized carbons (Fsp3) is 0.400. The highest BCUT2D eigenvalue weighted by atomic mass is 32.2. The van der Waals surface area contributed by atoms with Crippen LogP contribution in [0, 0.1) is 5.92 Å². The van der Waals surface area contributed by atoms with Crippen LogP contribution in [-0.2, 0) is 11.3 Å². The third-order valence-electron chi connectivity index (χ3n) is 3.28. The number of amides is 3. The van der Waals surface area contributed by atoms with Crippen LogP contribution in [0.15, 0.2) is 29.4 Å².